The lowest BCUT2D eigenvalue weighted by atomic mass is 10.0. The van der Waals surface area contributed by atoms with Gasteiger partial charge >= 0.3 is 10.1 Å². The Balaban J connectivity index is 3.68. The Bertz CT molecular complexity index is 449. The molecule has 0 bridgehead atoms. The second kappa shape index (κ2) is 14.8. The van der Waals surface area contributed by atoms with Gasteiger partial charge in [0.15, 0.2) is 0 Å². The molecule has 0 spiro atoms. The smallest absolute Gasteiger partial charge is 0.322 e. The molecule has 164 valence electrons. The number of nitrogens with zero attached hydrogens (tertiary/aromatic N) is 1. The maximum atomic E-state index is 11.5. The molecule has 0 aliphatic rings. The molecule has 2 atom stereocenters. The third kappa shape index (κ3) is 13.6. The van der Waals surface area contributed by atoms with E-state index in [0.717, 1.165) is 12.8 Å². The highest BCUT2D eigenvalue weighted by atomic mass is 32.2. The van der Waals surface area contributed by atoms with E-state index in [-0.39, 0.29) is 4.48 Å². The first kappa shape index (κ1) is 26.8. The monoisotopic (exact) mass is 408 g/mol. The molecule has 0 saturated carbocycles. The first-order valence-electron chi connectivity index (χ1n) is 11.1. The molecule has 0 aromatic carbocycles. The third-order valence-corrected chi connectivity index (χ3v) is 7.07. The molecule has 0 aliphatic heterocycles. The summed E-state index contributed by atoms with van der Waals surface area (Å²) in [6, 6.07) is 0. The molecule has 2 unspecified atom stereocenters. The van der Waals surface area contributed by atoms with Crippen molar-refractivity contribution >= 4 is 10.1 Å². The lowest BCUT2D eigenvalue weighted by Gasteiger charge is -2.37. The highest BCUT2D eigenvalue weighted by molar-refractivity contribution is 7.86. The highest BCUT2D eigenvalue weighted by Crippen LogP contribution is 2.19. The van der Waals surface area contributed by atoms with Gasteiger partial charge in [0.25, 0.3) is 0 Å². The van der Waals surface area contributed by atoms with Gasteiger partial charge in [0.05, 0.1) is 20.6 Å². The Hall–Kier alpha value is -0.170. The first-order chi connectivity index (χ1) is 12.6. The molecule has 0 aliphatic carbocycles. The largest absolute Gasteiger partial charge is 0.386 e. The summed E-state index contributed by atoms with van der Waals surface area (Å²) in [5.74, 6) is 0. The van der Waals surface area contributed by atoms with E-state index >= 15 is 0 Å². The Morgan fingerprint density at radius 3 is 1.37 bits per heavy atom. The molecule has 0 radical (unpaired) electrons. The van der Waals surface area contributed by atoms with E-state index in [0.29, 0.717) is 6.54 Å². The van der Waals surface area contributed by atoms with Crippen molar-refractivity contribution in [1.82, 2.24) is 0 Å². The van der Waals surface area contributed by atoms with Gasteiger partial charge in [0.1, 0.15) is 6.10 Å². The maximum absolute atomic E-state index is 11.5. The topological polar surface area (TPSA) is 74.6 Å². The van der Waals surface area contributed by atoms with Gasteiger partial charge in [-0.15, -0.1) is 0 Å². The van der Waals surface area contributed by atoms with Crippen LogP contribution in [0.5, 0.6) is 0 Å². The quantitative estimate of drug-likeness (QED) is 0.187. The molecular weight excluding hydrogens is 362 g/mol. The van der Waals surface area contributed by atoms with Crippen LogP contribution >= 0.6 is 0 Å². The number of hydrogen-bond acceptors (Lipinski definition) is 3. The number of rotatable bonds is 18. The molecule has 27 heavy (non-hydrogen) atoms. The number of quaternary nitrogens is 1. The summed E-state index contributed by atoms with van der Waals surface area (Å²) in [5.41, 5.74) is 0. The van der Waals surface area contributed by atoms with Gasteiger partial charge in [-0.25, -0.2) is 0 Å². The lowest BCUT2D eigenvalue weighted by Crippen LogP contribution is -2.57. The summed E-state index contributed by atoms with van der Waals surface area (Å²) in [6.45, 7) is 4.31. The van der Waals surface area contributed by atoms with Gasteiger partial charge in [-0.3, -0.25) is 4.55 Å². The minimum atomic E-state index is -4.27. The Kier molecular flexibility index (Phi) is 14.7. The van der Waals surface area contributed by atoms with E-state index in [1.807, 2.05) is 0 Å². The summed E-state index contributed by atoms with van der Waals surface area (Å²) in [7, 11) is -0.754. The van der Waals surface area contributed by atoms with Gasteiger partial charge in [-0.1, -0.05) is 84.0 Å². The third-order valence-electron chi connectivity index (χ3n) is 5.49. The van der Waals surface area contributed by atoms with E-state index in [2.05, 4.69) is 6.92 Å². The van der Waals surface area contributed by atoms with Crippen molar-refractivity contribution in [1.29, 1.82) is 0 Å². The van der Waals surface area contributed by atoms with Gasteiger partial charge < -0.3 is 9.59 Å². The molecule has 0 amide bonds. The lowest BCUT2D eigenvalue weighted by molar-refractivity contribution is -0.904. The van der Waals surface area contributed by atoms with Gasteiger partial charge in [0, 0.05) is 0 Å². The van der Waals surface area contributed by atoms with Gasteiger partial charge in [-0.2, -0.15) is 8.42 Å². The average Bonchev–Trinajstić information content (AvgIpc) is 2.52. The Morgan fingerprint density at radius 1 is 0.741 bits per heavy atom. The Labute approximate surface area is 168 Å². The van der Waals surface area contributed by atoms with Crippen LogP contribution in [0.15, 0.2) is 0 Å². The Morgan fingerprint density at radius 2 is 1.07 bits per heavy atom. The number of unbranched alkanes of at least 4 members (excludes halogenated alkanes) is 13. The van der Waals surface area contributed by atoms with Crippen LogP contribution in [0.3, 0.4) is 0 Å². The van der Waals surface area contributed by atoms with Crippen LogP contribution in [-0.2, 0) is 10.1 Å². The molecule has 0 heterocycles. The van der Waals surface area contributed by atoms with Crippen LogP contribution in [0.1, 0.15) is 104 Å². The number of aliphatic hydroxyl groups is 1. The normalized spacial score (nSPS) is 15.0. The second-order valence-corrected chi connectivity index (χ2v) is 10.3. The molecule has 0 aromatic heterocycles. The van der Waals surface area contributed by atoms with Crippen molar-refractivity contribution in [3.05, 3.63) is 0 Å². The SMILES string of the molecule is CCCCCCCCCCCCCCCC[N+](C)(C)C(C(C)O)S(=O)(=O)O. The predicted molar refractivity (Wildman–Crippen MR) is 114 cm³/mol. The number of likely N-dealkylation sites (N-methyl/N-ethyl adjacent to an activating group) is 1. The van der Waals surface area contributed by atoms with Crippen molar-refractivity contribution in [3.8, 4) is 0 Å². The fourth-order valence-corrected chi connectivity index (χ4v) is 5.36. The van der Waals surface area contributed by atoms with Crippen molar-refractivity contribution in [3.63, 3.8) is 0 Å². The molecule has 0 saturated heterocycles. The minimum Gasteiger partial charge on any atom is -0.386 e. The maximum Gasteiger partial charge on any atom is 0.322 e. The zero-order valence-electron chi connectivity index (χ0n) is 18.3. The molecule has 0 rings (SSSR count). The van der Waals surface area contributed by atoms with Crippen LogP contribution in [0.25, 0.3) is 0 Å². The average molecular weight is 409 g/mol. The minimum absolute atomic E-state index is 0.0920. The summed E-state index contributed by atoms with van der Waals surface area (Å²) >= 11 is 0. The fraction of sp³-hybridized carbons (Fsp3) is 1.00. The van der Waals surface area contributed by atoms with Gasteiger partial charge in [0.2, 0.25) is 5.37 Å². The van der Waals surface area contributed by atoms with Crippen molar-refractivity contribution in [2.45, 2.75) is 115 Å². The van der Waals surface area contributed by atoms with Crippen LogP contribution in [0.4, 0.5) is 0 Å². The van der Waals surface area contributed by atoms with Gasteiger partial charge in [-0.05, 0) is 19.8 Å². The molecule has 2 N–H and O–H groups in total. The summed E-state index contributed by atoms with van der Waals surface area (Å²) in [4.78, 5) is 0. The molecule has 0 fully saturated rings. The van der Waals surface area contributed by atoms with Crippen LogP contribution in [0, 0.1) is 0 Å². The highest BCUT2D eigenvalue weighted by Gasteiger charge is 2.42. The summed E-state index contributed by atoms with van der Waals surface area (Å²) in [5, 5.41) is 8.56. The van der Waals surface area contributed by atoms with E-state index in [4.69, 9.17) is 0 Å². The first-order valence-corrected chi connectivity index (χ1v) is 12.6. The van der Waals surface area contributed by atoms with Crippen LogP contribution < -0.4 is 0 Å². The standard InChI is InChI=1S/C21H45NO4S/c1-5-6-7-8-9-10-11-12-13-14-15-16-17-18-19-22(3,4)21(20(2)23)27(24,25)26/h20-21,23H,5-19H2,1-4H3/p+1. The number of aliphatic hydroxyl groups excluding tert-OH is 1. The molecule has 0 aromatic rings. The summed E-state index contributed by atoms with van der Waals surface area (Å²) < 4.78 is 32.6. The zero-order valence-corrected chi connectivity index (χ0v) is 19.1. The van der Waals surface area contributed by atoms with E-state index in [1.165, 1.54) is 84.0 Å². The van der Waals surface area contributed by atoms with Crippen LogP contribution in [0.2, 0.25) is 0 Å². The van der Waals surface area contributed by atoms with Crippen LogP contribution in [-0.4, -0.2) is 54.7 Å². The fourth-order valence-electron chi connectivity index (χ4n) is 4.03. The molecule has 6 heteroatoms. The number of hydrogen-bond donors (Lipinski definition) is 2. The zero-order chi connectivity index (χ0) is 20.8. The predicted octanol–water partition coefficient (Wildman–Crippen LogP) is 5.14. The van der Waals surface area contributed by atoms with E-state index < -0.39 is 21.6 Å². The van der Waals surface area contributed by atoms with Crippen molar-refractivity contribution < 1.29 is 22.6 Å². The van der Waals surface area contributed by atoms with Crippen molar-refractivity contribution in [2.75, 3.05) is 20.6 Å². The second-order valence-electron chi connectivity index (χ2n) is 8.74. The van der Waals surface area contributed by atoms with Crippen molar-refractivity contribution in [2.24, 2.45) is 0 Å². The van der Waals surface area contributed by atoms with E-state index in [9.17, 15) is 18.1 Å². The molecular formula is C21H46NO4S+. The molecule has 5 nitrogen and oxygen atoms in total. The summed E-state index contributed by atoms with van der Waals surface area (Å²) in [6.07, 6.45) is 16.9. The van der Waals surface area contributed by atoms with E-state index in [1.54, 1.807) is 14.1 Å².